The SMILES string of the molecule is CC(C)c1ccc(-n2cn[n+](C(C)(C)c3ccc(C(C)(C)O)nc3)c2)cc1. The summed E-state index contributed by atoms with van der Waals surface area (Å²) in [6.07, 6.45) is 5.63. The highest BCUT2D eigenvalue weighted by Crippen LogP contribution is 2.23. The van der Waals surface area contributed by atoms with Gasteiger partial charge in [-0.05, 0) is 62.5 Å². The molecule has 2 heterocycles. The summed E-state index contributed by atoms with van der Waals surface area (Å²) in [5.74, 6) is 0.519. The van der Waals surface area contributed by atoms with Gasteiger partial charge in [0, 0.05) is 11.8 Å². The highest BCUT2D eigenvalue weighted by atomic mass is 16.3. The molecule has 142 valence electrons. The second kappa shape index (κ2) is 6.89. The minimum Gasteiger partial charge on any atom is -0.384 e. The summed E-state index contributed by atoms with van der Waals surface area (Å²) in [5, 5.41) is 14.7. The van der Waals surface area contributed by atoms with Gasteiger partial charge < -0.3 is 5.11 Å². The van der Waals surface area contributed by atoms with Crippen molar-refractivity contribution < 1.29 is 9.79 Å². The lowest BCUT2D eigenvalue weighted by Gasteiger charge is -2.21. The fourth-order valence-corrected chi connectivity index (χ4v) is 2.99. The predicted molar refractivity (Wildman–Crippen MR) is 106 cm³/mol. The van der Waals surface area contributed by atoms with Crippen LogP contribution in [0, 0.1) is 0 Å². The third-order valence-corrected chi connectivity index (χ3v) is 5.06. The molecule has 2 aromatic heterocycles. The summed E-state index contributed by atoms with van der Waals surface area (Å²) < 4.78 is 3.95. The summed E-state index contributed by atoms with van der Waals surface area (Å²) in [7, 11) is 0. The third-order valence-electron chi connectivity index (χ3n) is 5.06. The number of aromatic nitrogens is 4. The van der Waals surface area contributed by atoms with Gasteiger partial charge in [-0.15, -0.1) is 4.68 Å². The Balaban J connectivity index is 1.88. The Kier molecular flexibility index (Phi) is 4.91. The van der Waals surface area contributed by atoms with E-state index in [2.05, 4.69) is 62.0 Å². The van der Waals surface area contributed by atoms with Crippen LogP contribution in [0.25, 0.3) is 5.69 Å². The Bertz CT molecular complexity index is 901. The molecule has 0 aliphatic carbocycles. The fourth-order valence-electron chi connectivity index (χ4n) is 2.99. The number of nitrogens with zero attached hydrogens (tertiary/aromatic N) is 4. The Morgan fingerprint density at radius 3 is 2.19 bits per heavy atom. The average Bonchev–Trinajstić information content (AvgIpc) is 3.12. The predicted octanol–water partition coefficient (Wildman–Crippen LogP) is 3.69. The van der Waals surface area contributed by atoms with Crippen LogP contribution in [-0.4, -0.2) is 19.8 Å². The number of rotatable bonds is 5. The van der Waals surface area contributed by atoms with Crippen molar-refractivity contribution in [2.75, 3.05) is 0 Å². The molecule has 0 aliphatic heterocycles. The van der Waals surface area contributed by atoms with E-state index in [0.717, 1.165) is 11.3 Å². The van der Waals surface area contributed by atoms with Crippen LogP contribution in [0.2, 0.25) is 0 Å². The van der Waals surface area contributed by atoms with E-state index in [1.54, 1.807) is 13.8 Å². The maximum Gasteiger partial charge on any atom is 0.271 e. The van der Waals surface area contributed by atoms with Crippen molar-refractivity contribution >= 4 is 0 Å². The van der Waals surface area contributed by atoms with E-state index in [9.17, 15) is 5.11 Å². The molecule has 0 aliphatic rings. The molecule has 0 saturated carbocycles. The highest BCUT2D eigenvalue weighted by Gasteiger charge is 2.31. The van der Waals surface area contributed by atoms with Crippen molar-refractivity contribution in [2.45, 2.75) is 58.6 Å². The first-order chi connectivity index (χ1) is 12.6. The van der Waals surface area contributed by atoms with Gasteiger partial charge in [0.15, 0.2) is 5.54 Å². The zero-order valence-electron chi connectivity index (χ0n) is 17.0. The minimum absolute atomic E-state index is 0.367. The van der Waals surface area contributed by atoms with E-state index in [0.29, 0.717) is 11.6 Å². The van der Waals surface area contributed by atoms with Gasteiger partial charge in [-0.2, -0.15) is 4.57 Å². The topological polar surface area (TPSA) is 54.8 Å². The van der Waals surface area contributed by atoms with Crippen molar-refractivity contribution in [2.24, 2.45) is 0 Å². The van der Waals surface area contributed by atoms with Gasteiger partial charge >= 0.3 is 0 Å². The molecule has 27 heavy (non-hydrogen) atoms. The monoisotopic (exact) mass is 365 g/mol. The third kappa shape index (κ3) is 3.93. The van der Waals surface area contributed by atoms with Gasteiger partial charge in [-0.1, -0.05) is 32.0 Å². The molecule has 0 radical (unpaired) electrons. The normalized spacial score (nSPS) is 12.6. The largest absolute Gasteiger partial charge is 0.384 e. The van der Waals surface area contributed by atoms with Crippen molar-refractivity contribution in [1.29, 1.82) is 0 Å². The summed E-state index contributed by atoms with van der Waals surface area (Å²) in [5.41, 5.74) is 2.78. The molecule has 0 spiro atoms. The first-order valence-corrected chi connectivity index (χ1v) is 9.35. The van der Waals surface area contributed by atoms with Crippen molar-refractivity contribution in [3.63, 3.8) is 0 Å². The Morgan fingerprint density at radius 2 is 1.67 bits per heavy atom. The van der Waals surface area contributed by atoms with Gasteiger partial charge in [-0.25, -0.2) is 0 Å². The van der Waals surface area contributed by atoms with Crippen molar-refractivity contribution in [1.82, 2.24) is 14.6 Å². The molecule has 5 nitrogen and oxygen atoms in total. The maximum absolute atomic E-state index is 10.1. The van der Waals surface area contributed by atoms with Gasteiger partial charge in [0.05, 0.1) is 5.69 Å². The summed E-state index contributed by atoms with van der Waals surface area (Å²) >= 11 is 0. The van der Waals surface area contributed by atoms with Crippen LogP contribution in [0.5, 0.6) is 0 Å². The smallest absolute Gasteiger partial charge is 0.271 e. The summed E-state index contributed by atoms with van der Waals surface area (Å²) in [6.45, 7) is 12.1. The quantitative estimate of drug-likeness (QED) is 0.702. The van der Waals surface area contributed by atoms with Gasteiger partial charge in [0.2, 0.25) is 6.33 Å². The molecule has 1 N–H and O–H groups in total. The van der Waals surface area contributed by atoms with Gasteiger partial charge in [0.1, 0.15) is 11.3 Å². The van der Waals surface area contributed by atoms with Crippen molar-refractivity contribution in [3.8, 4) is 5.69 Å². The molecule has 1 aromatic carbocycles. The van der Waals surface area contributed by atoms with Crippen LogP contribution < -0.4 is 4.68 Å². The van der Waals surface area contributed by atoms with E-state index in [1.165, 1.54) is 5.56 Å². The molecule has 0 unspecified atom stereocenters. The lowest BCUT2D eigenvalue weighted by molar-refractivity contribution is -0.797. The zero-order chi connectivity index (χ0) is 19.8. The van der Waals surface area contributed by atoms with Gasteiger partial charge in [0.25, 0.3) is 6.33 Å². The second-order valence-corrected chi connectivity index (χ2v) is 8.39. The van der Waals surface area contributed by atoms with E-state index >= 15 is 0 Å². The maximum atomic E-state index is 10.1. The lowest BCUT2D eigenvalue weighted by atomic mass is 9.94. The zero-order valence-corrected chi connectivity index (χ0v) is 17.0. The fraction of sp³-hybridized carbons (Fsp3) is 0.409. The summed E-state index contributed by atoms with van der Waals surface area (Å²) in [4.78, 5) is 4.43. The molecular formula is C22H29N4O+. The Morgan fingerprint density at radius 1 is 1.00 bits per heavy atom. The molecule has 0 bridgehead atoms. The van der Waals surface area contributed by atoms with Crippen LogP contribution in [0.1, 0.15) is 64.3 Å². The highest BCUT2D eigenvalue weighted by molar-refractivity contribution is 5.35. The standard InChI is InChI=1S/C22H29N4O/c1-16(2)17-7-10-19(11-8-17)25-14-24-26(15-25)21(3,4)18-9-12-20(23-13-18)22(5,6)27/h7-16,27H,1-6H3/q+1. The van der Waals surface area contributed by atoms with Crippen LogP contribution in [0.3, 0.4) is 0 Å². The number of aliphatic hydroxyl groups is 1. The molecule has 5 heteroatoms. The Labute approximate surface area is 161 Å². The van der Waals surface area contributed by atoms with Crippen LogP contribution >= 0.6 is 0 Å². The minimum atomic E-state index is -0.945. The molecular weight excluding hydrogens is 336 g/mol. The van der Waals surface area contributed by atoms with Gasteiger partial charge in [-0.3, -0.25) is 4.98 Å². The molecule has 0 amide bonds. The van der Waals surface area contributed by atoms with Crippen LogP contribution in [0.4, 0.5) is 0 Å². The number of pyridine rings is 1. The van der Waals surface area contributed by atoms with E-state index in [-0.39, 0.29) is 5.54 Å². The summed E-state index contributed by atoms with van der Waals surface area (Å²) in [6, 6.07) is 12.4. The first kappa shape index (κ1) is 19.2. The average molecular weight is 366 g/mol. The van der Waals surface area contributed by atoms with Crippen molar-refractivity contribution in [3.05, 3.63) is 72.1 Å². The van der Waals surface area contributed by atoms with Crippen LogP contribution in [0.15, 0.2) is 55.2 Å². The van der Waals surface area contributed by atoms with E-state index in [4.69, 9.17) is 0 Å². The molecule has 0 saturated heterocycles. The number of benzene rings is 1. The number of hydrogen-bond acceptors (Lipinski definition) is 3. The van der Waals surface area contributed by atoms with Crippen LogP contribution in [-0.2, 0) is 11.1 Å². The number of hydrogen-bond donors (Lipinski definition) is 1. The lowest BCUT2D eigenvalue weighted by Crippen LogP contribution is -2.54. The Hall–Kier alpha value is -2.53. The van der Waals surface area contributed by atoms with E-state index in [1.807, 2.05) is 40.2 Å². The van der Waals surface area contributed by atoms with E-state index < -0.39 is 5.60 Å². The first-order valence-electron chi connectivity index (χ1n) is 9.35. The molecule has 0 atom stereocenters. The molecule has 3 rings (SSSR count). The second-order valence-electron chi connectivity index (χ2n) is 8.39. The molecule has 0 fully saturated rings. The molecule has 3 aromatic rings.